The van der Waals surface area contributed by atoms with Crippen LogP contribution in [0.4, 0.5) is 8.78 Å². The normalized spacial score (nSPS) is 21.6. The Kier molecular flexibility index (Phi) is 3.51. The molecule has 0 spiro atoms. The molecule has 1 saturated heterocycles. The van der Waals surface area contributed by atoms with E-state index in [1.54, 1.807) is 0 Å². The molecule has 16 heavy (non-hydrogen) atoms. The molecule has 0 unspecified atom stereocenters. The van der Waals surface area contributed by atoms with Crippen LogP contribution in [0.1, 0.15) is 18.4 Å². The second-order valence-electron chi connectivity index (χ2n) is 4.15. The monoisotopic (exact) mass is 227 g/mol. The zero-order valence-electron chi connectivity index (χ0n) is 9.00. The fourth-order valence-electron chi connectivity index (χ4n) is 2.20. The van der Waals surface area contributed by atoms with E-state index in [9.17, 15) is 8.78 Å². The fraction of sp³-hybridized carbons (Fsp3) is 0.500. The van der Waals surface area contributed by atoms with Crippen molar-refractivity contribution in [1.29, 1.82) is 0 Å². The minimum absolute atomic E-state index is 0.0407. The number of hydrogen-bond acceptors (Lipinski definition) is 2. The minimum Gasteiger partial charge on any atom is -0.395 e. The molecular formula is C12H15F2NO. The van der Waals surface area contributed by atoms with Crippen LogP contribution >= 0.6 is 0 Å². The molecular weight excluding hydrogens is 212 g/mol. The lowest BCUT2D eigenvalue weighted by Gasteiger charge is -2.22. The second kappa shape index (κ2) is 4.89. The van der Waals surface area contributed by atoms with Crippen molar-refractivity contribution in [2.24, 2.45) is 0 Å². The van der Waals surface area contributed by atoms with E-state index in [-0.39, 0.29) is 24.8 Å². The Morgan fingerprint density at radius 1 is 1.31 bits per heavy atom. The van der Waals surface area contributed by atoms with E-state index in [4.69, 9.17) is 5.11 Å². The SMILES string of the molecule is OC[C@H]1CCCN1Cc1c(F)cccc1F. The van der Waals surface area contributed by atoms with Crippen LogP contribution in [0.25, 0.3) is 0 Å². The molecule has 88 valence electrons. The molecule has 1 heterocycles. The highest BCUT2D eigenvalue weighted by atomic mass is 19.1. The summed E-state index contributed by atoms with van der Waals surface area (Å²) in [5.74, 6) is -1.02. The van der Waals surface area contributed by atoms with Gasteiger partial charge in [0.15, 0.2) is 0 Å². The van der Waals surface area contributed by atoms with E-state index in [1.807, 2.05) is 4.90 Å². The van der Waals surface area contributed by atoms with Crippen LogP contribution < -0.4 is 0 Å². The van der Waals surface area contributed by atoms with Gasteiger partial charge in [-0.3, -0.25) is 4.90 Å². The Balaban J connectivity index is 2.14. The highest BCUT2D eigenvalue weighted by Crippen LogP contribution is 2.22. The molecule has 1 aromatic carbocycles. The summed E-state index contributed by atoms with van der Waals surface area (Å²) in [7, 11) is 0. The number of rotatable bonds is 3. The molecule has 1 aliphatic heterocycles. The Labute approximate surface area is 93.5 Å². The summed E-state index contributed by atoms with van der Waals surface area (Å²) in [6.07, 6.45) is 1.87. The van der Waals surface area contributed by atoms with Crippen LogP contribution in [0.15, 0.2) is 18.2 Å². The summed E-state index contributed by atoms with van der Waals surface area (Å²) in [6, 6.07) is 3.94. The van der Waals surface area contributed by atoms with Crippen LogP contribution in [0, 0.1) is 11.6 Å². The van der Waals surface area contributed by atoms with Gasteiger partial charge in [0.25, 0.3) is 0 Å². The minimum atomic E-state index is -0.511. The van der Waals surface area contributed by atoms with E-state index in [1.165, 1.54) is 18.2 Å². The van der Waals surface area contributed by atoms with E-state index in [0.29, 0.717) is 0 Å². The third-order valence-corrected chi connectivity index (χ3v) is 3.13. The number of hydrogen-bond donors (Lipinski definition) is 1. The average Bonchev–Trinajstić information content (AvgIpc) is 2.71. The number of nitrogens with zero attached hydrogens (tertiary/aromatic N) is 1. The van der Waals surface area contributed by atoms with E-state index >= 15 is 0 Å². The molecule has 1 aliphatic rings. The largest absolute Gasteiger partial charge is 0.395 e. The third-order valence-electron chi connectivity index (χ3n) is 3.13. The summed E-state index contributed by atoms with van der Waals surface area (Å²) in [5.41, 5.74) is 0.0999. The molecule has 0 radical (unpaired) electrons. The van der Waals surface area contributed by atoms with E-state index in [0.717, 1.165) is 19.4 Å². The zero-order chi connectivity index (χ0) is 11.5. The summed E-state index contributed by atoms with van der Waals surface area (Å²) in [5, 5.41) is 9.12. The molecule has 2 nitrogen and oxygen atoms in total. The highest BCUT2D eigenvalue weighted by molar-refractivity contribution is 5.19. The van der Waals surface area contributed by atoms with Crippen molar-refractivity contribution in [2.75, 3.05) is 13.2 Å². The van der Waals surface area contributed by atoms with Crippen molar-refractivity contribution in [1.82, 2.24) is 4.90 Å². The van der Waals surface area contributed by atoms with E-state index < -0.39 is 11.6 Å². The van der Waals surface area contributed by atoms with Gasteiger partial charge >= 0.3 is 0 Å². The third kappa shape index (κ3) is 2.23. The quantitative estimate of drug-likeness (QED) is 0.852. The van der Waals surface area contributed by atoms with Crippen molar-refractivity contribution in [3.63, 3.8) is 0 Å². The molecule has 0 amide bonds. The number of halogens is 2. The van der Waals surface area contributed by atoms with Crippen molar-refractivity contribution < 1.29 is 13.9 Å². The first-order valence-electron chi connectivity index (χ1n) is 5.50. The van der Waals surface area contributed by atoms with Gasteiger partial charge in [0.1, 0.15) is 11.6 Å². The Morgan fingerprint density at radius 2 is 2.00 bits per heavy atom. The highest BCUT2D eigenvalue weighted by Gasteiger charge is 2.25. The Hall–Kier alpha value is -1.00. The van der Waals surface area contributed by atoms with E-state index in [2.05, 4.69) is 0 Å². The van der Waals surface area contributed by atoms with Crippen molar-refractivity contribution in [3.8, 4) is 0 Å². The zero-order valence-corrected chi connectivity index (χ0v) is 9.00. The van der Waals surface area contributed by atoms with Gasteiger partial charge in [0.05, 0.1) is 6.61 Å². The summed E-state index contributed by atoms with van der Waals surface area (Å²) in [6.45, 7) is 1.08. The maximum Gasteiger partial charge on any atom is 0.130 e. The number of likely N-dealkylation sites (tertiary alicyclic amines) is 1. The number of benzene rings is 1. The Bertz CT molecular complexity index is 350. The van der Waals surface area contributed by atoms with Crippen LogP contribution in [-0.2, 0) is 6.54 Å². The fourth-order valence-corrected chi connectivity index (χ4v) is 2.20. The molecule has 0 saturated carbocycles. The molecule has 1 N–H and O–H groups in total. The van der Waals surface area contributed by atoms with Gasteiger partial charge < -0.3 is 5.11 Å². The molecule has 1 atom stereocenters. The van der Waals surface area contributed by atoms with Crippen LogP contribution in [0.5, 0.6) is 0 Å². The van der Waals surface area contributed by atoms with Crippen molar-refractivity contribution >= 4 is 0 Å². The number of aliphatic hydroxyl groups is 1. The molecule has 2 rings (SSSR count). The van der Waals surface area contributed by atoms with Gasteiger partial charge in [-0.15, -0.1) is 0 Å². The lowest BCUT2D eigenvalue weighted by Crippen LogP contribution is -2.32. The van der Waals surface area contributed by atoms with Gasteiger partial charge in [-0.1, -0.05) is 6.07 Å². The summed E-state index contributed by atoms with van der Waals surface area (Å²) >= 11 is 0. The van der Waals surface area contributed by atoms with Crippen molar-refractivity contribution in [2.45, 2.75) is 25.4 Å². The van der Waals surface area contributed by atoms with Crippen molar-refractivity contribution in [3.05, 3.63) is 35.4 Å². The van der Waals surface area contributed by atoms with Crippen LogP contribution in [0.3, 0.4) is 0 Å². The molecule has 1 fully saturated rings. The molecule has 1 aromatic rings. The van der Waals surface area contributed by atoms with Gasteiger partial charge in [0, 0.05) is 18.2 Å². The predicted octanol–water partition coefficient (Wildman–Crippen LogP) is 1.92. The van der Waals surface area contributed by atoms with Gasteiger partial charge in [-0.2, -0.15) is 0 Å². The van der Waals surface area contributed by atoms with Gasteiger partial charge in [-0.25, -0.2) is 8.78 Å². The maximum atomic E-state index is 13.4. The summed E-state index contributed by atoms with van der Waals surface area (Å²) < 4.78 is 26.8. The summed E-state index contributed by atoms with van der Waals surface area (Å²) in [4.78, 5) is 1.93. The predicted molar refractivity (Wildman–Crippen MR) is 56.9 cm³/mol. The molecule has 0 aromatic heterocycles. The first kappa shape index (κ1) is 11.5. The van der Waals surface area contributed by atoms with Crippen LogP contribution in [0.2, 0.25) is 0 Å². The first-order valence-corrected chi connectivity index (χ1v) is 5.50. The standard InChI is InChI=1S/C12H15F2NO/c13-11-4-1-5-12(14)10(11)7-15-6-2-3-9(15)8-16/h1,4-5,9,16H,2-3,6-8H2/t9-/m1/s1. The first-order chi connectivity index (χ1) is 7.72. The maximum absolute atomic E-state index is 13.4. The molecule has 4 heteroatoms. The lowest BCUT2D eigenvalue weighted by molar-refractivity contribution is 0.151. The number of aliphatic hydroxyl groups excluding tert-OH is 1. The average molecular weight is 227 g/mol. The van der Waals surface area contributed by atoms with Crippen LogP contribution in [-0.4, -0.2) is 29.2 Å². The topological polar surface area (TPSA) is 23.5 Å². The molecule has 0 bridgehead atoms. The smallest absolute Gasteiger partial charge is 0.130 e. The van der Waals surface area contributed by atoms with Gasteiger partial charge in [-0.05, 0) is 31.5 Å². The lowest BCUT2D eigenvalue weighted by atomic mass is 10.1. The molecule has 0 aliphatic carbocycles. The van der Waals surface area contributed by atoms with Gasteiger partial charge in [0.2, 0.25) is 0 Å². The second-order valence-corrected chi connectivity index (χ2v) is 4.15. The Morgan fingerprint density at radius 3 is 2.62 bits per heavy atom.